The third-order valence-electron chi connectivity index (χ3n) is 3.86. The lowest BCUT2D eigenvalue weighted by Gasteiger charge is -2.12. The lowest BCUT2D eigenvalue weighted by molar-refractivity contribution is -0.147. The van der Waals surface area contributed by atoms with Crippen LogP contribution in [0, 0.1) is 0 Å². The van der Waals surface area contributed by atoms with Crippen LogP contribution in [0.5, 0.6) is 0 Å². The summed E-state index contributed by atoms with van der Waals surface area (Å²) in [4.78, 5) is 11.3. The van der Waals surface area contributed by atoms with Crippen molar-refractivity contribution in [2.75, 3.05) is 0 Å². The van der Waals surface area contributed by atoms with Gasteiger partial charge in [0.15, 0.2) is 0 Å². The minimum absolute atomic E-state index is 0.0519. The fraction of sp³-hybridized carbons (Fsp3) is 0.842. The van der Waals surface area contributed by atoms with Gasteiger partial charge >= 0.3 is 5.97 Å². The molecule has 0 bridgehead atoms. The highest BCUT2D eigenvalue weighted by atomic mass is 16.5. The Kier molecular flexibility index (Phi) is 15.0. The number of carbonyl (C=O) groups is 1. The maximum atomic E-state index is 11.3. The van der Waals surface area contributed by atoms with Gasteiger partial charge in [-0.25, -0.2) is 0 Å². The number of carbonyl (C=O) groups excluding carboxylic acids is 1. The molecule has 0 aromatic heterocycles. The maximum Gasteiger partial charge on any atom is 0.309 e. The third-order valence-corrected chi connectivity index (χ3v) is 3.86. The molecule has 0 aliphatic carbocycles. The summed E-state index contributed by atoms with van der Waals surface area (Å²) in [5.41, 5.74) is 0. The Hall–Kier alpha value is -0.790. The third kappa shape index (κ3) is 15.4. The van der Waals surface area contributed by atoms with E-state index in [0.717, 1.165) is 6.42 Å². The molecule has 0 aromatic rings. The summed E-state index contributed by atoms with van der Waals surface area (Å²) < 4.78 is 5.27. The number of esters is 1. The van der Waals surface area contributed by atoms with Crippen LogP contribution in [-0.2, 0) is 9.53 Å². The summed E-state index contributed by atoms with van der Waals surface area (Å²) in [7, 11) is 0. The van der Waals surface area contributed by atoms with Crippen molar-refractivity contribution in [3.05, 3.63) is 12.7 Å². The van der Waals surface area contributed by atoms with E-state index in [9.17, 15) is 4.79 Å². The van der Waals surface area contributed by atoms with Gasteiger partial charge in [0.05, 0.1) is 12.5 Å². The second-order valence-corrected chi connectivity index (χ2v) is 6.12. The average Bonchev–Trinajstić information content (AvgIpc) is 2.45. The van der Waals surface area contributed by atoms with Crippen molar-refractivity contribution < 1.29 is 9.53 Å². The number of rotatable bonds is 15. The summed E-state index contributed by atoms with van der Waals surface area (Å²) in [5.74, 6) is -0.152. The first-order valence-electron chi connectivity index (χ1n) is 9.01. The van der Waals surface area contributed by atoms with Crippen molar-refractivity contribution >= 4 is 5.97 Å². The largest absolute Gasteiger partial charge is 0.462 e. The summed E-state index contributed by atoms with van der Waals surface area (Å²) in [6.07, 6.45) is 17.8. The van der Waals surface area contributed by atoms with E-state index in [1.807, 2.05) is 6.92 Å². The van der Waals surface area contributed by atoms with Crippen LogP contribution >= 0.6 is 0 Å². The van der Waals surface area contributed by atoms with E-state index in [0.29, 0.717) is 6.42 Å². The number of unbranched alkanes of at least 4 members (excludes halogenated alkanes) is 10. The van der Waals surface area contributed by atoms with E-state index in [-0.39, 0.29) is 12.1 Å². The van der Waals surface area contributed by atoms with E-state index in [2.05, 4.69) is 13.5 Å². The molecule has 0 amide bonds. The summed E-state index contributed by atoms with van der Waals surface area (Å²) in [6, 6.07) is 0. The molecule has 21 heavy (non-hydrogen) atoms. The summed E-state index contributed by atoms with van der Waals surface area (Å²) in [5, 5.41) is 0. The minimum Gasteiger partial charge on any atom is -0.462 e. The van der Waals surface area contributed by atoms with Crippen LogP contribution < -0.4 is 0 Å². The predicted molar refractivity (Wildman–Crippen MR) is 91.4 cm³/mol. The highest BCUT2D eigenvalue weighted by Gasteiger charge is 2.07. The fourth-order valence-corrected chi connectivity index (χ4v) is 2.55. The van der Waals surface area contributed by atoms with Gasteiger partial charge in [-0.15, -0.1) is 6.58 Å². The molecule has 0 spiro atoms. The zero-order valence-electron chi connectivity index (χ0n) is 14.4. The average molecular weight is 296 g/mol. The van der Waals surface area contributed by atoms with Crippen molar-refractivity contribution in [1.82, 2.24) is 0 Å². The second kappa shape index (κ2) is 15.6. The Labute approximate surface area is 132 Å². The van der Waals surface area contributed by atoms with Crippen LogP contribution in [0.4, 0.5) is 0 Å². The number of hydrogen-bond donors (Lipinski definition) is 0. The molecule has 0 aliphatic heterocycles. The lowest BCUT2D eigenvalue weighted by Crippen LogP contribution is -2.13. The van der Waals surface area contributed by atoms with Crippen molar-refractivity contribution in [3.8, 4) is 0 Å². The van der Waals surface area contributed by atoms with Crippen LogP contribution in [0.2, 0.25) is 0 Å². The summed E-state index contributed by atoms with van der Waals surface area (Å²) >= 11 is 0. The molecule has 0 heterocycles. The molecular weight excluding hydrogens is 260 g/mol. The standard InChI is InChI=1S/C19H36O2/c1-4-6-7-8-9-10-11-12-13-14-15-17-18(3)21-19(20)16-5-2/h5,18H,2,4,6-17H2,1,3H3. The Morgan fingerprint density at radius 1 is 0.952 bits per heavy atom. The van der Waals surface area contributed by atoms with Crippen LogP contribution in [-0.4, -0.2) is 12.1 Å². The van der Waals surface area contributed by atoms with Crippen LogP contribution in [0.25, 0.3) is 0 Å². The smallest absolute Gasteiger partial charge is 0.309 e. The first kappa shape index (κ1) is 20.2. The van der Waals surface area contributed by atoms with Gasteiger partial charge in [-0.05, 0) is 19.8 Å². The molecule has 0 saturated heterocycles. The molecule has 124 valence electrons. The molecule has 0 rings (SSSR count). The van der Waals surface area contributed by atoms with Crippen LogP contribution in [0.15, 0.2) is 12.7 Å². The van der Waals surface area contributed by atoms with Gasteiger partial charge in [0, 0.05) is 0 Å². The molecule has 0 fully saturated rings. The zero-order chi connectivity index (χ0) is 15.8. The van der Waals surface area contributed by atoms with E-state index >= 15 is 0 Å². The maximum absolute atomic E-state index is 11.3. The van der Waals surface area contributed by atoms with Gasteiger partial charge in [0.25, 0.3) is 0 Å². The van der Waals surface area contributed by atoms with E-state index in [1.165, 1.54) is 70.6 Å². The Morgan fingerprint density at radius 3 is 1.90 bits per heavy atom. The zero-order valence-corrected chi connectivity index (χ0v) is 14.4. The van der Waals surface area contributed by atoms with Gasteiger partial charge in [-0.1, -0.05) is 77.2 Å². The molecule has 0 radical (unpaired) electrons. The SMILES string of the molecule is C=CCC(=O)OC(C)CCCCCCCCCCCCC. The second-order valence-electron chi connectivity index (χ2n) is 6.12. The Morgan fingerprint density at radius 2 is 1.43 bits per heavy atom. The van der Waals surface area contributed by atoms with Gasteiger partial charge in [-0.3, -0.25) is 4.79 Å². The number of ether oxygens (including phenoxy) is 1. The highest BCUT2D eigenvalue weighted by molar-refractivity contribution is 5.71. The molecule has 1 atom stereocenters. The Balaban J connectivity index is 3.21. The lowest BCUT2D eigenvalue weighted by atomic mass is 10.0. The molecule has 0 N–H and O–H groups in total. The van der Waals surface area contributed by atoms with Crippen LogP contribution in [0.3, 0.4) is 0 Å². The van der Waals surface area contributed by atoms with Crippen molar-refractivity contribution in [3.63, 3.8) is 0 Å². The molecular formula is C19H36O2. The molecule has 2 nitrogen and oxygen atoms in total. The molecule has 0 aromatic carbocycles. The topological polar surface area (TPSA) is 26.3 Å². The van der Waals surface area contributed by atoms with Crippen molar-refractivity contribution in [2.45, 2.75) is 103 Å². The quantitative estimate of drug-likeness (QED) is 0.204. The monoisotopic (exact) mass is 296 g/mol. The molecule has 1 unspecified atom stereocenters. The number of hydrogen-bond acceptors (Lipinski definition) is 2. The van der Waals surface area contributed by atoms with Gasteiger partial charge in [0.1, 0.15) is 0 Å². The van der Waals surface area contributed by atoms with Gasteiger partial charge < -0.3 is 4.74 Å². The fourth-order valence-electron chi connectivity index (χ4n) is 2.55. The normalized spacial score (nSPS) is 12.1. The first-order valence-corrected chi connectivity index (χ1v) is 9.01. The van der Waals surface area contributed by atoms with Crippen molar-refractivity contribution in [1.29, 1.82) is 0 Å². The minimum atomic E-state index is -0.152. The molecule has 0 saturated carbocycles. The van der Waals surface area contributed by atoms with Crippen LogP contribution in [0.1, 0.15) is 97.3 Å². The highest BCUT2D eigenvalue weighted by Crippen LogP contribution is 2.13. The predicted octanol–water partition coefficient (Wildman–Crippen LogP) is 6.20. The van der Waals surface area contributed by atoms with E-state index < -0.39 is 0 Å². The molecule has 2 heteroatoms. The molecule has 0 aliphatic rings. The van der Waals surface area contributed by atoms with Gasteiger partial charge in [-0.2, -0.15) is 0 Å². The van der Waals surface area contributed by atoms with Crippen molar-refractivity contribution in [2.24, 2.45) is 0 Å². The first-order chi connectivity index (χ1) is 10.2. The van der Waals surface area contributed by atoms with E-state index in [4.69, 9.17) is 4.74 Å². The Bertz CT molecular complexity index is 248. The van der Waals surface area contributed by atoms with Gasteiger partial charge in [0.2, 0.25) is 0 Å². The van der Waals surface area contributed by atoms with E-state index in [1.54, 1.807) is 6.08 Å². The summed E-state index contributed by atoms with van der Waals surface area (Å²) in [6.45, 7) is 7.79.